The summed E-state index contributed by atoms with van der Waals surface area (Å²) < 4.78 is 12.4. The number of carbonyl (C=O) groups is 1. The second-order valence-electron chi connectivity index (χ2n) is 4.50. The number of aromatic nitrogens is 3. The van der Waals surface area contributed by atoms with Crippen LogP contribution in [0.4, 0.5) is 5.82 Å². The Morgan fingerprint density at radius 2 is 2.17 bits per heavy atom. The van der Waals surface area contributed by atoms with E-state index in [9.17, 15) is 4.79 Å². The predicted octanol–water partition coefficient (Wildman–Crippen LogP) is 2.58. The maximum atomic E-state index is 11.9. The van der Waals surface area contributed by atoms with Crippen LogP contribution < -0.4 is 10.5 Å². The lowest BCUT2D eigenvalue weighted by atomic mass is 10.3. The lowest BCUT2D eigenvalue weighted by molar-refractivity contribution is 0.0598. The molecule has 0 bridgehead atoms. The molecule has 0 unspecified atom stereocenters. The molecular formula is C14H14N4O3S2. The quantitative estimate of drug-likeness (QED) is 0.571. The van der Waals surface area contributed by atoms with Gasteiger partial charge in [0.05, 0.1) is 24.4 Å². The van der Waals surface area contributed by atoms with E-state index in [2.05, 4.69) is 10.1 Å². The van der Waals surface area contributed by atoms with Gasteiger partial charge in [0.15, 0.2) is 0 Å². The van der Waals surface area contributed by atoms with Crippen LogP contribution in [0.2, 0.25) is 0 Å². The summed E-state index contributed by atoms with van der Waals surface area (Å²) in [4.78, 5) is 16.4. The molecular weight excluding hydrogens is 336 g/mol. The summed E-state index contributed by atoms with van der Waals surface area (Å²) in [6, 6.07) is 5.60. The van der Waals surface area contributed by atoms with Crippen molar-refractivity contribution in [1.29, 1.82) is 0 Å². The second kappa shape index (κ2) is 6.09. The molecule has 3 rings (SSSR count). The number of nitrogens with two attached hydrogens (primary N) is 1. The van der Waals surface area contributed by atoms with E-state index in [1.807, 2.05) is 24.5 Å². The number of benzene rings is 1. The van der Waals surface area contributed by atoms with Crippen LogP contribution in [-0.2, 0) is 4.74 Å². The molecule has 2 heterocycles. The lowest BCUT2D eigenvalue weighted by Gasteiger charge is -2.00. The van der Waals surface area contributed by atoms with Gasteiger partial charge in [-0.25, -0.2) is 9.78 Å². The van der Waals surface area contributed by atoms with E-state index >= 15 is 0 Å². The van der Waals surface area contributed by atoms with E-state index in [1.165, 1.54) is 34.9 Å². The third-order valence-corrected chi connectivity index (χ3v) is 4.90. The molecule has 0 saturated carbocycles. The Morgan fingerprint density at radius 1 is 1.39 bits per heavy atom. The van der Waals surface area contributed by atoms with Crippen LogP contribution >= 0.6 is 23.1 Å². The van der Waals surface area contributed by atoms with E-state index < -0.39 is 5.97 Å². The average molecular weight is 350 g/mol. The molecule has 0 radical (unpaired) electrons. The number of fused-ring (bicyclic) bond motifs is 1. The van der Waals surface area contributed by atoms with Gasteiger partial charge in [-0.05, 0) is 24.5 Å². The average Bonchev–Trinajstić information content (AvgIpc) is 3.13. The third kappa shape index (κ3) is 2.62. The molecule has 0 spiro atoms. The molecule has 2 N–H and O–H groups in total. The van der Waals surface area contributed by atoms with Gasteiger partial charge < -0.3 is 15.2 Å². The minimum atomic E-state index is -0.513. The van der Waals surface area contributed by atoms with E-state index in [4.69, 9.17) is 15.2 Å². The number of nitrogen functional groups attached to an aromatic ring is 1. The van der Waals surface area contributed by atoms with Gasteiger partial charge in [-0.3, -0.25) is 0 Å². The molecule has 0 atom stereocenters. The standard InChI is InChI=1S/C14H14N4O3S2/c1-20-7-4-5-8-9(6-7)23-14(16-8)18-11(15)10(13(19)21-2)12(17-18)22-3/h4-6H,15H2,1-3H3. The number of hydrogen-bond acceptors (Lipinski definition) is 8. The summed E-state index contributed by atoms with van der Waals surface area (Å²) in [5, 5.41) is 5.46. The van der Waals surface area contributed by atoms with Crippen molar-refractivity contribution in [1.82, 2.24) is 14.8 Å². The fraction of sp³-hybridized carbons (Fsp3) is 0.214. The summed E-state index contributed by atoms with van der Waals surface area (Å²) in [7, 11) is 2.93. The smallest absolute Gasteiger partial charge is 0.344 e. The first kappa shape index (κ1) is 15.6. The highest BCUT2D eigenvalue weighted by atomic mass is 32.2. The zero-order valence-corrected chi connectivity index (χ0v) is 14.3. The number of ether oxygens (including phenoxy) is 2. The van der Waals surface area contributed by atoms with Crippen LogP contribution in [-0.4, -0.2) is 41.2 Å². The van der Waals surface area contributed by atoms with Gasteiger partial charge in [0, 0.05) is 0 Å². The van der Waals surface area contributed by atoms with Crippen molar-refractivity contribution in [2.24, 2.45) is 0 Å². The van der Waals surface area contributed by atoms with E-state index in [-0.39, 0.29) is 11.4 Å². The van der Waals surface area contributed by atoms with Crippen LogP contribution in [0.5, 0.6) is 5.75 Å². The zero-order chi connectivity index (χ0) is 16.6. The minimum Gasteiger partial charge on any atom is -0.497 e. The van der Waals surface area contributed by atoms with Gasteiger partial charge in [-0.1, -0.05) is 11.3 Å². The lowest BCUT2D eigenvalue weighted by Crippen LogP contribution is -2.07. The van der Waals surface area contributed by atoms with Crippen molar-refractivity contribution in [2.75, 3.05) is 26.2 Å². The van der Waals surface area contributed by atoms with Crippen molar-refractivity contribution in [3.63, 3.8) is 0 Å². The Kier molecular flexibility index (Phi) is 4.14. The number of nitrogens with zero attached hydrogens (tertiary/aromatic N) is 3. The van der Waals surface area contributed by atoms with Gasteiger partial charge in [-0.2, -0.15) is 9.78 Å². The Balaban J connectivity index is 2.15. The maximum Gasteiger partial charge on any atom is 0.344 e. The number of methoxy groups -OCH3 is 2. The van der Waals surface area contributed by atoms with Gasteiger partial charge in [0.1, 0.15) is 22.2 Å². The molecule has 9 heteroatoms. The normalized spacial score (nSPS) is 10.9. The van der Waals surface area contributed by atoms with E-state index in [0.29, 0.717) is 10.2 Å². The molecule has 3 aromatic rings. The van der Waals surface area contributed by atoms with Crippen molar-refractivity contribution in [3.8, 4) is 10.9 Å². The van der Waals surface area contributed by atoms with Crippen LogP contribution in [0.3, 0.4) is 0 Å². The van der Waals surface area contributed by atoms with Crippen LogP contribution in [0, 0.1) is 0 Å². The summed E-state index contributed by atoms with van der Waals surface area (Å²) in [5.41, 5.74) is 7.17. The van der Waals surface area contributed by atoms with Crippen LogP contribution in [0.25, 0.3) is 15.3 Å². The van der Waals surface area contributed by atoms with Gasteiger partial charge >= 0.3 is 5.97 Å². The number of anilines is 1. The Labute approximate surface area is 140 Å². The fourth-order valence-electron chi connectivity index (χ4n) is 2.10. The summed E-state index contributed by atoms with van der Waals surface area (Å²) >= 11 is 2.74. The molecule has 0 saturated heterocycles. The molecule has 0 aliphatic rings. The molecule has 0 amide bonds. The highest BCUT2D eigenvalue weighted by molar-refractivity contribution is 7.98. The first-order chi connectivity index (χ1) is 11.1. The van der Waals surface area contributed by atoms with Crippen LogP contribution in [0.15, 0.2) is 23.2 Å². The minimum absolute atomic E-state index is 0.215. The molecule has 0 aliphatic heterocycles. The number of carbonyl (C=O) groups excluding carboxylic acids is 1. The molecule has 23 heavy (non-hydrogen) atoms. The molecule has 2 aromatic heterocycles. The van der Waals surface area contributed by atoms with Crippen molar-refractivity contribution in [2.45, 2.75) is 5.03 Å². The number of thiazole rings is 1. The maximum absolute atomic E-state index is 11.9. The third-order valence-electron chi connectivity index (χ3n) is 3.24. The molecule has 7 nitrogen and oxygen atoms in total. The highest BCUT2D eigenvalue weighted by Crippen LogP contribution is 2.32. The van der Waals surface area contributed by atoms with Crippen molar-refractivity contribution in [3.05, 3.63) is 23.8 Å². The summed E-state index contributed by atoms with van der Waals surface area (Å²) in [5.74, 6) is 0.453. The Morgan fingerprint density at radius 3 is 2.83 bits per heavy atom. The van der Waals surface area contributed by atoms with Crippen molar-refractivity contribution < 1.29 is 14.3 Å². The Hall–Kier alpha value is -2.26. The highest BCUT2D eigenvalue weighted by Gasteiger charge is 2.24. The van der Waals surface area contributed by atoms with Crippen LogP contribution in [0.1, 0.15) is 10.4 Å². The van der Waals surface area contributed by atoms with Gasteiger partial charge in [0.2, 0.25) is 5.13 Å². The molecule has 1 aromatic carbocycles. The Bertz CT molecular complexity index is 888. The predicted molar refractivity (Wildman–Crippen MR) is 90.8 cm³/mol. The summed E-state index contributed by atoms with van der Waals surface area (Å²) in [6.45, 7) is 0. The number of rotatable bonds is 4. The molecule has 0 aliphatic carbocycles. The molecule has 0 fully saturated rings. The van der Waals surface area contributed by atoms with Gasteiger partial charge in [0.25, 0.3) is 0 Å². The first-order valence-electron chi connectivity index (χ1n) is 6.54. The number of thioether (sulfide) groups is 1. The SMILES string of the molecule is COC(=O)c1c(SC)nn(-c2nc3ccc(OC)cc3s2)c1N. The van der Waals surface area contributed by atoms with Gasteiger partial charge in [-0.15, -0.1) is 11.8 Å². The molecule has 120 valence electrons. The van der Waals surface area contributed by atoms with E-state index in [1.54, 1.807) is 7.11 Å². The topological polar surface area (TPSA) is 92.3 Å². The number of hydrogen-bond donors (Lipinski definition) is 1. The zero-order valence-electron chi connectivity index (χ0n) is 12.7. The monoisotopic (exact) mass is 350 g/mol. The number of esters is 1. The van der Waals surface area contributed by atoms with Crippen molar-refractivity contribution >= 4 is 45.1 Å². The second-order valence-corrected chi connectivity index (χ2v) is 6.31. The fourth-order valence-corrected chi connectivity index (χ4v) is 3.62. The first-order valence-corrected chi connectivity index (χ1v) is 8.59. The largest absolute Gasteiger partial charge is 0.497 e. The summed E-state index contributed by atoms with van der Waals surface area (Å²) in [6.07, 6.45) is 1.82. The van der Waals surface area contributed by atoms with E-state index in [0.717, 1.165) is 16.0 Å².